The topological polar surface area (TPSA) is 47.3 Å². The number of aliphatic hydroxyl groups is 1. The molecule has 1 unspecified atom stereocenters. The van der Waals surface area contributed by atoms with Gasteiger partial charge in [0.25, 0.3) is 0 Å². The molecule has 0 saturated carbocycles. The number of nitrogens with zero attached hydrogens (tertiary/aromatic N) is 2. The van der Waals surface area contributed by atoms with E-state index in [9.17, 15) is 5.11 Å². The summed E-state index contributed by atoms with van der Waals surface area (Å²) in [6, 6.07) is 9.41. The second kappa shape index (κ2) is 6.38. The van der Waals surface area contributed by atoms with E-state index in [-0.39, 0.29) is 0 Å². The van der Waals surface area contributed by atoms with Crippen molar-refractivity contribution in [3.63, 3.8) is 0 Å². The Morgan fingerprint density at radius 1 is 1.21 bits per heavy atom. The Kier molecular flexibility index (Phi) is 4.58. The molecular formula is C15H20N2O2. The molecule has 4 heteroatoms. The van der Waals surface area contributed by atoms with Crippen molar-refractivity contribution < 1.29 is 9.84 Å². The van der Waals surface area contributed by atoms with E-state index in [2.05, 4.69) is 12.0 Å². The number of benzene rings is 1. The lowest BCUT2D eigenvalue weighted by Crippen LogP contribution is -2.09. The second-order valence-electron chi connectivity index (χ2n) is 4.39. The van der Waals surface area contributed by atoms with E-state index < -0.39 is 6.10 Å². The molecule has 1 N–H and O–H groups in total. The highest BCUT2D eigenvalue weighted by atomic mass is 16.5. The molecule has 4 nitrogen and oxygen atoms in total. The first kappa shape index (κ1) is 13.6. The smallest absolute Gasteiger partial charge is 0.121 e. The highest BCUT2D eigenvalue weighted by Gasteiger charge is 2.14. The standard InChI is InChI=1S/C15H20N2O2/c1-3-11-19-13-7-5-12(6-8-13)15(18)14-9-10-16-17(14)4-2/h5-10,15,18H,3-4,11H2,1-2H3. The van der Waals surface area contributed by atoms with E-state index in [0.717, 1.165) is 30.0 Å². The minimum absolute atomic E-state index is 0.650. The normalized spacial score (nSPS) is 12.4. The highest BCUT2D eigenvalue weighted by molar-refractivity contribution is 5.32. The molecule has 0 bridgehead atoms. The van der Waals surface area contributed by atoms with Gasteiger partial charge in [-0.1, -0.05) is 19.1 Å². The average molecular weight is 260 g/mol. The van der Waals surface area contributed by atoms with Crippen LogP contribution in [0.3, 0.4) is 0 Å². The van der Waals surface area contributed by atoms with E-state index in [1.807, 2.05) is 37.3 Å². The van der Waals surface area contributed by atoms with E-state index in [1.165, 1.54) is 0 Å². The van der Waals surface area contributed by atoms with Gasteiger partial charge < -0.3 is 9.84 Å². The summed E-state index contributed by atoms with van der Waals surface area (Å²) in [5.41, 5.74) is 1.66. The minimum atomic E-state index is -0.650. The lowest BCUT2D eigenvalue weighted by molar-refractivity contribution is 0.208. The maximum absolute atomic E-state index is 10.4. The third-order valence-corrected chi connectivity index (χ3v) is 3.00. The van der Waals surface area contributed by atoms with Crippen molar-refractivity contribution in [2.45, 2.75) is 32.9 Å². The zero-order valence-electron chi connectivity index (χ0n) is 11.4. The Balaban J connectivity index is 2.13. The van der Waals surface area contributed by atoms with Gasteiger partial charge in [0.05, 0.1) is 12.3 Å². The molecule has 0 amide bonds. The van der Waals surface area contributed by atoms with Gasteiger partial charge in [-0.3, -0.25) is 4.68 Å². The first-order valence-corrected chi connectivity index (χ1v) is 6.68. The van der Waals surface area contributed by atoms with Crippen LogP contribution in [-0.4, -0.2) is 21.5 Å². The van der Waals surface area contributed by atoms with Gasteiger partial charge in [-0.15, -0.1) is 0 Å². The van der Waals surface area contributed by atoms with Crippen LogP contribution in [0, 0.1) is 0 Å². The van der Waals surface area contributed by atoms with E-state index >= 15 is 0 Å². The van der Waals surface area contributed by atoms with Gasteiger partial charge >= 0.3 is 0 Å². The summed E-state index contributed by atoms with van der Waals surface area (Å²) in [7, 11) is 0. The van der Waals surface area contributed by atoms with Crippen LogP contribution in [0.1, 0.15) is 37.6 Å². The van der Waals surface area contributed by atoms with Gasteiger partial charge in [0.15, 0.2) is 0 Å². The molecule has 0 fully saturated rings. The summed E-state index contributed by atoms with van der Waals surface area (Å²) in [6.45, 7) is 5.54. The molecule has 2 rings (SSSR count). The molecule has 0 aliphatic carbocycles. The van der Waals surface area contributed by atoms with Gasteiger partial charge in [0.2, 0.25) is 0 Å². The summed E-state index contributed by atoms with van der Waals surface area (Å²) in [5.74, 6) is 0.835. The first-order chi connectivity index (χ1) is 9.26. The lowest BCUT2D eigenvalue weighted by atomic mass is 10.1. The maximum Gasteiger partial charge on any atom is 0.121 e. The van der Waals surface area contributed by atoms with Crippen molar-refractivity contribution in [1.82, 2.24) is 9.78 Å². The minimum Gasteiger partial charge on any atom is -0.494 e. The van der Waals surface area contributed by atoms with Crippen LogP contribution in [0.5, 0.6) is 5.75 Å². The fourth-order valence-corrected chi connectivity index (χ4v) is 1.98. The third-order valence-electron chi connectivity index (χ3n) is 3.00. The predicted molar refractivity (Wildman–Crippen MR) is 74.2 cm³/mol. The quantitative estimate of drug-likeness (QED) is 0.868. The highest BCUT2D eigenvalue weighted by Crippen LogP contribution is 2.23. The number of aliphatic hydroxyl groups excluding tert-OH is 1. The van der Waals surface area contributed by atoms with Crippen LogP contribution in [0.15, 0.2) is 36.5 Å². The van der Waals surface area contributed by atoms with Crippen molar-refractivity contribution in [3.05, 3.63) is 47.8 Å². The van der Waals surface area contributed by atoms with Crippen LogP contribution >= 0.6 is 0 Å². The van der Waals surface area contributed by atoms with Gasteiger partial charge in [0.1, 0.15) is 11.9 Å². The molecule has 0 saturated heterocycles. The molecule has 0 aliphatic rings. The molecule has 2 aromatic rings. The molecule has 1 atom stereocenters. The SMILES string of the molecule is CCCOc1ccc(C(O)c2ccnn2CC)cc1. The van der Waals surface area contributed by atoms with E-state index in [0.29, 0.717) is 6.61 Å². The molecule has 1 heterocycles. The molecule has 0 radical (unpaired) electrons. The zero-order chi connectivity index (χ0) is 13.7. The van der Waals surface area contributed by atoms with Crippen LogP contribution < -0.4 is 4.74 Å². The van der Waals surface area contributed by atoms with Crippen LogP contribution in [0.4, 0.5) is 0 Å². The Morgan fingerprint density at radius 2 is 1.95 bits per heavy atom. The second-order valence-corrected chi connectivity index (χ2v) is 4.39. The van der Waals surface area contributed by atoms with Crippen LogP contribution in [-0.2, 0) is 6.54 Å². The lowest BCUT2D eigenvalue weighted by Gasteiger charge is -2.13. The molecule has 1 aromatic carbocycles. The Labute approximate surface area is 113 Å². The Bertz CT molecular complexity index is 505. The molecular weight excluding hydrogens is 240 g/mol. The molecule has 0 aliphatic heterocycles. The van der Waals surface area contributed by atoms with Crippen molar-refractivity contribution in [2.24, 2.45) is 0 Å². The largest absolute Gasteiger partial charge is 0.494 e. The van der Waals surface area contributed by atoms with E-state index in [4.69, 9.17) is 4.74 Å². The number of aromatic nitrogens is 2. The number of hydrogen-bond donors (Lipinski definition) is 1. The van der Waals surface area contributed by atoms with Crippen LogP contribution in [0.25, 0.3) is 0 Å². The number of ether oxygens (including phenoxy) is 1. The first-order valence-electron chi connectivity index (χ1n) is 6.68. The molecule has 0 spiro atoms. The average Bonchev–Trinajstić information content (AvgIpc) is 2.93. The van der Waals surface area contributed by atoms with E-state index in [1.54, 1.807) is 10.9 Å². The number of rotatable bonds is 6. The van der Waals surface area contributed by atoms with Gasteiger partial charge in [-0.2, -0.15) is 5.10 Å². The molecule has 102 valence electrons. The van der Waals surface area contributed by atoms with Crippen LogP contribution in [0.2, 0.25) is 0 Å². The van der Waals surface area contributed by atoms with Crippen molar-refractivity contribution in [3.8, 4) is 5.75 Å². The summed E-state index contributed by atoms with van der Waals surface area (Å²) < 4.78 is 7.32. The summed E-state index contributed by atoms with van der Waals surface area (Å²) in [4.78, 5) is 0. The fourth-order valence-electron chi connectivity index (χ4n) is 1.98. The van der Waals surface area contributed by atoms with Gasteiger partial charge in [0, 0.05) is 12.7 Å². The monoisotopic (exact) mass is 260 g/mol. The third kappa shape index (κ3) is 3.15. The summed E-state index contributed by atoms with van der Waals surface area (Å²) >= 11 is 0. The summed E-state index contributed by atoms with van der Waals surface area (Å²) in [5, 5.41) is 14.5. The Morgan fingerprint density at radius 3 is 2.58 bits per heavy atom. The number of aryl methyl sites for hydroxylation is 1. The van der Waals surface area contributed by atoms with Gasteiger partial charge in [-0.25, -0.2) is 0 Å². The maximum atomic E-state index is 10.4. The number of hydrogen-bond acceptors (Lipinski definition) is 3. The van der Waals surface area contributed by atoms with Crippen molar-refractivity contribution in [2.75, 3.05) is 6.61 Å². The predicted octanol–water partition coefficient (Wildman–Crippen LogP) is 2.77. The zero-order valence-corrected chi connectivity index (χ0v) is 11.4. The Hall–Kier alpha value is -1.81. The van der Waals surface area contributed by atoms with Gasteiger partial charge in [-0.05, 0) is 37.1 Å². The fraction of sp³-hybridized carbons (Fsp3) is 0.400. The summed E-state index contributed by atoms with van der Waals surface area (Å²) in [6.07, 6.45) is 2.04. The van der Waals surface area contributed by atoms with Crippen molar-refractivity contribution >= 4 is 0 Å². The molecule has 19 heavy (non-hydrogen) atoms. The molecule has 1 aromatic heterocycles. The van der Waals surface area contributed by atoms with Crippen molar-refractivity contribution in [1.29, 1.82) is 0 Å².